The van der Waals surface area contributed by atoms with Gasteiger partial charge in [0.05, 0.1) is 11.1 Å². The van der Waals surface area contributed by atoms with Crippen molar-refractivity contribution >= 4 is 11.8 Å². The van der Waals surface area contributed by atoms with Crippen LogP contribution in [0.1, 0.15) is 58.2 Å². The molecule has 0 aliphatic rings. The molecule has 0 aromatic heterocycles. The van der Waals surface area contributed by atoms with Gasteiger partial charge in [-0.1, -0.05) is 23.3 Å². The molecule has 28 heavy (non-hydrogen) atoms. The summed E-state index contributed by atoms with van der Waals surface area (Å²) in [6.45, 7) is 8.87. The summed E-state index contributed by atoms with van der Waals surface area (Å²) in [6.07, 6.45) is -4.56. The maximum absolute atomic E-state index is 13.0. The van der Waals surface area contributed by atoms with Crippen LogP contribution in [-0.2, 0) is 6.18 Å². The third-order valence-corrected chi connectivity index (χ3v) is 4.01. The van der Waals surface area contributed by atoms with Gasteiger partial charge in [-0.2, -0.15) is 13.2 Å². The van der Waals surface area contributed by atoms with E-state index in [0.717, 1.165) is 34.3 Å². The van der Waals surface area contributed by atoms with Gasteiger partial charge in [-0.3, -0.25) is 15.0 Å². The van der Waals surface area contributed by atoms with Crippen LogP contribution in [0.5, 0.6) is 0 Å². The lowest BCUT2D eigenvalue weighted by Gasteiger charge is -2.35. The van der Waals surface area contributed by atoms with E-state index >= 15 is 0 Å². The number of nitrogens with one attached hydrogen (secondary N) is 1. The van der Waals surface area contributed by atoms with Gasteiger partial charge in [-0.15, -0.1) is 0 Å². The lowest BCUT2D eigenvalue weighted by molar-refractivity contribution is -0.137. The maximum atomic E-state index is 13.0. The predicted molar refractivity (Wildman–Crippen MR) is 101 cm³/mol. The number of hydrazine groups is 1. The predicted octanol–water partition coefficient (Wildman–Crippen LogP) is 4.91. The fourth-order valence-corrected chi connectivity index (χ4v) is 2.75. The standard InChI is InChI=1S/C21H23F3N2O2/c1-13-9-14(2)11-16(10-13)19(28)26(20(3,4)5)25-18(27)15-7-6-8-17(12-15)21(22,23)24/h6-12H,1-5H3,(H,25,27). The van der Waals surface area contributed by atoms with E-state index in [1.807, 2.05) is 19.9 Å². The zero-order valence-electron chi connectivity index (χ0n) is 16.4. The molecule has 150 valence electrons. The number of carbonyl (C=O) groups excluding carboxylic acids is 2. The third kappa shape index (κ3) is 5.12. The Morgan fingerprint density at radius 1 is 0.893 bits per heavy atom. The molecule has 0 fully saturated rings. The smallest absolute Gasteiger partial charge is 0.267 e. The molecule has 2 aromatic rings. The van der Waals surface area contributed by atoms with Crippen molar-refractivity contribution < 1.29 is 22.8 Å². The van der Waals surface area contributed by atoms with E-state index in [9.17, 15) is 22.8 Å². The lowest BCUT2D eigenvalue weighted by Crippen LogP contribution is -2.55. The molecule has 0 unspecified atom stereocenters. The summed E-state index contributed by atoms with van der Waals surface area (Å²) in [5, 5.41) is 1.14. The van der Waals surface area contributed by atoms with Crippen molar-refractivity contribution in [3.05, 3.63) is 70.3 Å². The average molecular weight is 392 g/mol. The van der Waals surface area contributed by atoms with Crippen LogP contribution in [0.4, 0.5) is 13.2 Å². The second-order valence-electron chi connectivity index (χ2n) is 7.71. The maximum Gasteiger partial charge on any atom is 0.416 e. The van der Waals surface area contributed by atoms with Crippen LogP contribution in [0.2, 0.25) is 0 Å². The number of carbonyl (C=O) groups is 2. The zero-order valence-corrected chi connectivity index (χ0v) is 16.4. The molecule has 1 N–H and O–H groups in total. The van der Waals surface area contributed by atoms with Crippen LogP contribution in [0.15, 0.2) is 42.5 Å². The van der Waals surface area contributed by atoms with Gasteiger partial charge in [0.15, 0.2) is 0 Å². The number of amides is 2. The number of nitrogens with zero attached hydrogens (tertiary/aromatic N) is 1. The number of aryl methyl sites for hydroxylation is 2. The number of halogens is 3. The molecule has 7 heteroatoms. The molecule has 0 atom stereocenters. The summed E-state index contributed by atoms with van der Waals surface area (Å²) in [7, 11) is 0. The van der Waals surface area contributed by atoms with E-state index in [1.165, 1.54) is 6.07 Å². The Hall–Kier alpha value is -2.83. The molecular weight excluding hydrogens is 369 g/mol. The summed E-state index contributed by atoms with van der Waals surface area (Å²) >= 11 is 0. The first-order valence-electron chi connectivity index (χ1n) is 8.70. The fourth-order valence-electron chi connectivity index (χ4n) is 2.75. The Morgan fingerprint density at radius 2 is 1.46 bits per heavy atom. The topological polar surface area (TPSA) is 49.4 Å². The van der Waals surface area contributed by atoms with E-state index in [2.05, 4.69) is 5.43 Å². The summed E-state index contributed by atoms with van der Waals surface area (Å²) in [4.78, 5) is 25.6. The van der Waals surface area contributed by atoms with Crippen molar-refractivity contribution in [2.45, 2.75) is 46.3 Å². The van der Waals surface area contributed by atoms with Crippen LogP contribution >= 0.6 is 0 Å². The Labute approximate surface area is 162 Å². The van der Waals surface area contributed by atoms with Crippen LogP contribution < -0.4 is 5.43 Å². The molecule has 0 bridgehead atoms. The highest BCUT2D eigenvalue weighted by Gasteiger charge is 2.32. The fraction of sp³-hybridized carbons (Fsp3) is 0.333. The van der Waals surface area contributed by atoms with Crippen LogP contribution in [0.25, 0.3) is 0 Å². The van der Waals surface area contributed by atoms with Gasteiger partial charge < -0.3 is 0 Å². The van der Waals surface area contributed by atoms with E-state index in [1.54, 1.807) is 32.9 Å². The second-order valence-corrected chi connectivity index (χ2v) is 7.71. The van der Waals surface area contributed by atoms with Gasteiger partial charge in [0.25, 0.3) is 11.8 Å². The molecular formula is C21H23F3N2O2. The molecule has 0 saturated heterocycles. The Bertz CT molecular complexity index is 879. The first-order valence-corrected chi connectivity index (χ1v) is 8.70. The minimum absolute atomic E-state index is 0.183. The molecule has 2 aromatic carbocycles. The highest BCUT2D eigenvalue weighted by atomic mass is 19.4. The number of benzene rings is 2. The Morgan fingerprint density at radius 3 is 1.96 bits per heavy atom. The van der Waals surface area contributed by atoms with Crippen molar-refractivity contribution in [1.82, 2.24) is 10.4 Å². The molecule has 0 spiro atoms. The number of alkyl halides is 3. The largest absolute Gasteiger partial charge is 0.416 e. The molecule has 0 radical (unpaired) electrons. The van der Waals surface area contributed by atoms with Crippen LogP contribution in [0.3, 0.4) is 0 Å². The van der Waals surface area contributed by atoms with Crippen LogP contribution in [-0.4, -0.2) is 22.4 Å². The van der Waals surface area contributed by atoms with E-state index in [0.29, 0.717) is 5.56 Å². The quantitative estimate of drug-likeness (QED) is 0.739. The highest BCUT2D eigenvalue weighted by molar-refractivity contribution is 5.99. The van der Waals surface area contributed by atoms with Crippen molar-refractivity contribution in [3.8, 4) is 0 Å². The number of rotatable bonds is 2. The van der Waals surface area contributed by atoms with Crippen molar-refractivity contribution in [1.29, 1.82) is 0 Å². The van der Waals surface area contributed by atoms with Gasteiger partial charge >= 0.3 is 6.18 Å². The Kier molecular flexibility index (Phi) is 5.87. The SMILES string of the molecule is Cc1cc(C)cc(C(=O)N(NC(=O)c2cccc(C(F)(F)F)c2)C(C)(C)C)c1. The van der Waals surface area contributed by atoms with Gasteiger partial charge in [0, 0.05) is 11.1 Å². The monoisotopic (exact) mass is 392 g/mol. The normalized spacial score (nSPS) is 11.9. The van der Waals surface area contributed by atoms with Gasteiger partial charge in [0.2, 0.25) is 0 Å². The average Bonchev–Trinajstić information content (AvgIpc) is 2.56. The summed E-state index contributed by atoms with van der Waals surface area (Å²) in [5.41, 5.74) is 2.72. The minimum atomic E-state index is -4.56. The minimum Gasteiger partial charge on any atom is -0.267 e. The molecule has 0 saturated carbocycles. The van der Waals surface area contributed by atoms with Crippen LogP contribution in [0, 0.1) is 13.8 Å². The van der Waals surface area contributed by atoms with Crippen molar-refractivity contribution in [2.24, 2.45) is 0 Å². The molecule has 0 aliphatic carbocycles. The van der Waals surface area contributed by atoms with Gasteiger partial charge in [0.1, 0.15) is 0 Å². The molecule has 0 aliphatic heterocycles. The molecule has 2 amide bonds. The second kappa shape index (κ2) is 7.66. The van der Waals surface area contributed by atoms with Gasteiger partial charge in [-0.05, 0) is 65.0 Å². The van der Waals surface area contributed by atoms with E-state index in [4.69, 9.17) is 0 Å². The highest BCUT2D eigenvalue weighted by Crippen LogP contribution is 2.29. The van der Waals surface area contributed by atoms with E-state index in [-0.39, 0.29) is 5.56 Å². The molecule has 4 nitrogen and oxygen atoms in total. The summed E-state index contributed by atoms with van der Waals surface area (Å²) in [6, 6.07) is 9.39. The molecule has 2 rings (SSSR count). The zero-order chi connectivity index (χ0) is 21.3. The number of hydrogen-bond donors (Lipinski definition) is 1. The summed E-state index contributed by atoms with van der Waals surface area (Å²) < 4.78 is 38.7. The first kappa shape index (κ1) is 21.5. The third-order valence-electron chi connectivity index (χ3n) is 4.01. The first-order chi connectivity index (χ1) is 12.8. The van der Waals surface area contributed by atoms with Crippen molar-refractivity contribution in [2.75, 3.05) is 0 Å². The number of hydrogen-bond acceptors (Lipinski definition) is 2. The molecule has 0 heterocycles. The lowest BCUT2D eigenvalue weighted by atomic mass is 10.0. The Balaban J connectivity index is 2.35. The van der Waals surface area contributed by atoms with E-state index < -0.39 is 29.1 Å². The van der Waals surface area contributed by atoms with Crippen molar-refractivity contribution in [3.63, 3.8) is 0 Å². The summed E-state index contributed by atoms with van der Waals surface area (Å²) in [5.74, 6) is -1.24. The van der Waals surface area contributed by atoms with Gasteiger partial charge in [-0.25, -0.2) is 5.01 Å².